The first-order chi connectivity index (χ1) is 6.66. The van der Waals surface area contributed by atoms with Crippen LogP contribution >= 0.6 is 27.5 Å². The molecule has 1 N–H and O–H groups in total. The van der Waals surface area contributed by atoms with E-state index in [1.54, 1.807) is 13.0 Å². The van der Waals surface area contributed by atoms with E-state index in [2.05, 4.69) is 27.8 Å². The lowest BCUT2D eigenvalue weighted by molar-refractivity contribution is 0.184. The molecule has 1 atom stereocenters. The number of aliphatic hydroxyl groups is 1. The van der Waals surface area contributed by atoms with Gasteiger partial charge >= 0.3 is 0 Å². The van der Waals surface area contributed by atoms with Gasteiger partial charge in [-0.15, -0.1) is 11.8 Å². The number of halogens is 2. The van der Waals surface area contributed by atoms with Crippen LogP contribution < -0.4 is 0 Å². The zero-order chi connectivity index (χ0) is 10.6. The van der Waals surface area contributed by atoms with Crippen molar-refractivity contribution in [2.75, 3.05) is 0 Å². The first-order valence-corrected chi connectivity index (χ1v) is 5.35. The Labute approximate surface area is 97.2 Å². The highest BCUT2D eigenvalue weighted by Crippen LogP contribution is 2.31. The fourth-order valence-corrected chi connectivity index (χ4v) is 1.72. The van der Waals surface area contributed by atoms with Crippen LogP contribution in [0.4, 0.5) is 0 Å². The second-order valence-electron chi connectivity index (χ2n) is 2.79. The average molecular weight is 274 g/mol. The van der Waals surface area contributed by atoms with Crippen LogP contribution in [0.15, 0.2) is 22.7 Å². The van der Waals surface area contributed by atoms with E-state index < -0.39 is 6.10 Å². The molecule has 1 rings (SSSR count). The molecule has 0 spiro atoms. The largest absolute Gasteiger partial charge is 0.387 e. The van der Waals surface area contributed by atoms with Crippen LogP contribution in [0.25, 0.3) is 0 Å². The first-order valence-electron chi connectivity index (χ1n) is 4.18. The van der Waals surface area contributed by atoms with Gasteiger partial charge in [-0.1, -0.05) is 23.7 Å². The summed E-state index contributed by atoms with van der Waals surface area (Å²) in [6, 6.07) is 5.48. The van der Waals surface area contributed by atoms with E-state index >= 15 is 0 Å². The van der Waals surface area contributed by atoms with Crippen molar-refractivity contribution in [1.82, 2.24) is 0 Å². The number of rotatable bonds is 2. The predicted molar refractivity (Wildman–Crippen MR) is 62.2 cm³/mol. The third-order valence-electron chi connectivity index (χ3n) is 1.81. The van der Waals surface area contributed by atoms with Crippen LogP contribution in [0, 0.1) is 11.8 Å². The molecule has 1 aromatic carbocycles. The molecule has 0 aromatic heterocycles. The minimum absolute atomic E-state index is 0.409. The van der Waals surface area contributed by atoms with Gasteiger partial charge in [0.1, 0.15) is 0 Å². The standard InChI is InChI=1S/C11H10BrClO/c1-2-3-7-10(14)8-5-4-6-9(12)11(8)13/h4-6,10,14H,7H2,1H3. The molecule has 0 radical (unpaired) electrons. The fourth-order valence-electron chi connectivity index (χ4n) is 1.09. The van der Waals surface area contributed by atoms with Gasteiger partial charge in [0.25, 0.3) is 0 Å². The summed E-state index contributed by atoms with van der Waals surface area (Å²) in [5.74, 6) is 5.56. The van der Waals surface area contributed by atoms with Crippen LogP contribution in [-0.2, 0) is 0 Å². The summed E-state index contributed by atoms with van der Waals surface area (Å²) < 4.78 is 0.792. The summed E-state index contributed by atoms with van der Waals surface area (Å²) in [5, 5.41) is 10.3. The van der Waals surface area contributed by atoms with Crippen molar-refractivity contribution >= 4 is 27.5 Å². The Morgan fingerprint density at radius 1 is 1.57 bits per heavy atom. The van der Waals surface area contributed by atoms with Crippen LogP contribution in [0.1, 0.15) is 25.0 Å². The molecule has 0 amide bonds. The molecule has 3 heteroatoms. The van der Waals surface area contributed by atoms with E-state index in [1.165, 1.54) is 0 Å². The lowest BCUT2D eigenvalue weighted by Crippen LogP contribution is -1.97. The van der Waals surface area contributed by atoms with Crippen LogP contribution in [0.2, 0.25) is 5.02 Å². The zero-order valence-electron chi connectivity index (χ0n) is 7.72. The molecule has 0 heterocycles. The molecule has 0 aliphatic rings. The molecule has 14 heavy (non-hydrogen) atoms. The maximum Gasteiger partial charge on any atom is 0.0913 e. The third-order valence-corrected chi connectivity index (χ3v) is 3.12. The third kappa shape index (κ3) is 2.75. The molecule has 0 aliphatic heterocycles. The van der Waals surface area contributed by atoms with Gasteiger partial charge in [-0.05, 0) is 28.9 Å². The summed E-state index contributed by atoms with van der Waals surface area (Å²) in [4.78, 5) is 0. The van der Waals surface area contributed by atoms with Crippen molar-refractivity contribution in [1.29, 1.82) is 0 Å². The van der Waals surface area contributed by atoms with Crippen molar-refractivity contribution in [3.8, 4) is 11.8 Å². The monoisotopic (exact) mass is 272 g/mol. The van der Waals surface area contributed by atoms with Crippen molar-refractivity contribution in [3.63, 3.8) is 0 Å². The SMILES string of the molecule is CC#CCC(O)c1cccc(Br)c1Cl. The average Bonchev–Trinajstić information content (AvgIpc) is 2.18. The smallest absolute Gasteiger partial charge is 0.0913 e. The number of hydrogen-bond acceptors (Lipinski definition) is 1. The molecule has 0 aliphatic carbocycles. The Morgan fingerprint density at radius 3 is 2.93 bits per heavy atom. The lowest BCUT2D eigenvalue weighted by atomic mass is 10.1. The van der Waals surface area contributed by atoms with Gasteiger partial charge in [-0.2, -0.15) is 0 Å². The van der Waals surface area contributed by atoms with Gasteiger partial charge in [-0.3, -0.25) is 0 Å². The Kier molecular flexibility index (Phi) is 4.47. The van der Waals surface area contributed by atoms with Crippen molar-refractivity contribution in [3.05, 3.63) is 33.3 Å². The van der Waals surface area contributed by atoms with Gasteiger partial charge in [0.2, 0.25) is 0 Å². The second kappa shape index (κ2) is 5.41. The van der Waals surface area contributed by atoms with Gasteiger partial charge in [0.15, 0.2) is 0 Å². The number of benzene rings is 1. The fraction of sp³-hybridized carbons (Fsp3) is 0.273. The minimum atomic E-state index is -0.618. The van der Waals surface area contributed by atoms with Crippen LogP contribution in [0.5, 0.6) is 0 Å². The van der Waals surface area contributed by atoms with Gasteiger partial charge in [0.05, 0.1) is 11.1 Å². The number of hydrogen-bond donors (Lipinski definition) is 1. The van der Waals surface area contributed by atoms with Gasteiger partial charge in [-0.25, -0.2) is 0 Å². The Balaban J connectivity index is 2.93. The minimum Gasteiger partial charge on any atom is -0.387 e. The van der Waals surface area contributed by atoms with Crippen molar-refractivity contribution < 1.29 is 5.11 Å². The molecule has 0 saturated carbocycles. The van der Waals surface area contributed by atoms with E-state index in [0.29, 0.717) is 17.0 Å². The van der Waals surface area contributed by atoms with Crippen LogP contribution in [-0.4, -0.2) is 5.11 Å². The van der Waals surface area contributed by atoms with E-state index in [4.69, 9.17) is 11.6 Å². The number of aliphatic hydroxyl groups excluding tert-OH is 1. The summed E-state index contributed by atoms with van der Waals surface area (Å²) >= 11 is 9.32. The summed E-state index contributed by atoms with van der Waals surface area (Å²) in [5.41, 5.74) is 0.712. The normalized spacial score (nSPS) is 11.7. The molecule has 1 nitrogen and oxygen atoms in total. The summed E-state index contributed by atoms with van der Waals surface area (Å²) in [7, 11) is 0. The molecular formula is C11H10BrClO. The molecule has 1 aromatic rings. The van der Waals surface area contributed by atoms with E-state index in [1.807, 2.05) is 12.1 Å². The van der Waals surface area contributed by atoms with Crippen molar-refractivity contribution in [2.45, 2.75) is 19.4 Å². The highest BCUT2D eigenvalue weighted by Gasteiger charge is 2.11. The zero-order valence-corrected chi connectivity index (χ0v) is 10.1. The molecule has 0 fully saturated rings. The molecule has 74 valence electrons. The Morgan fingerprint density at radius 2 is 2.29 bits per heavy atom. The van der Waals surface area contributed by atoms with E-state index in [-0.39, 0.29) is 0 Å². The molecule has 1 unspecified atom stereocenters. The maximum atomic E-state index is 9.75. The topological polar surface area (TPSA) is 20.2 Å². The van der Waals surface area contributed by atoms with Gasteiger partial charge < -0.3 is 5.11 Å². The Bertz CT molecular complexity index is 379. The predicted octanol–water partition coefficient (Wildman–Crippen LogP) is 3.55. The summed E-state index contributed by atoms with van der Waals surface area (Å²) in [6.07, 6.45) is -0.209. The van der Waals surface area contributed by atoms with Crippen LogP contribution in [0.3, 0.4) is 0 Å². The Hall–Kier alpha value is -0.490. The first kappa shape index (κ1) is 11.6. The van der Waals surface area contributed by atoms with Crippen molar-refractivity contribution in [2.24, 2.45) is 0 Å². The molecular weight excluding hydrogens is 263 g/mol. The van der Waals surface area contributed by atoms with E-state index in [0.717, 1.165) is 4.47 Å². The quantitative estimate of drug-likeness (QED) is 0.817. The highest BCUT2D eigenvalue weighted by molar-refractivity contribution is 9.10. The second-order valence-corrected chi connectivity index (χ2v) is 4.02. The molecule has 0 saturated heterocycles. The maximum absolute atomic E-state index is 9.75. The molecule has 0 bridgehead atoms. The van der Waals surface area contributed by atoms with Gasteiger partial charge in [0, 0.05) is 16.5 Å². The van der Waals surface area contributed by atoms with E-state index in [9.17, 15) is 5.11 Å². The highest BCUT2D eigenvalue weighted by atomic mass is 79.9. The lowest BCUT2D eigenvalue weighted by Gasteiger charge is -2.10. The summed E-state index contributed by atoms with van der Waals surface area (Å²) in [6.45, 7) is 1.75.